The molecule has 0 aliphatic rings. The van der Waals surface area contributed by atoms with E-state index >= 15 is 0 Å². The Balaban J connectivity index is 1.96. The summed E-state index contributed by atoms with van der Waals surface area (Å²) in [6.07, 6.45) is -0.0559. The van der Waals surface area contributed by atoms with Crippen LogP contribution in [0.4, 0.5) is 8.78 Å². The second kappa shape index (κ2) is 6.61. The molecule has 0 saturated carbocycles. The molecule has 0 aliphatic carbocycles. The number of rotatable bonds is 5. The smallest absolute Gasteiger partial charge is 0.174 e. The maximum absolute atomic E-state index is 13.4. The first-order valence-electron chi connectivity index (χ1n) is 5.89. The van der Waals surface area contributed by atoms with E-state index in [4.69, 9.17) is 4.74 Å². The Kier molecular flexibility index (Phi) is 4.84. The van der Waals surface area contributed by atoms with E-state index < -0.39 is 11.6 Å². The van der Waals surface area contributed by atoms with Gasteiger partial charge in [-0.2, -0.15) is 0 Å². The van der Waals surface area contributed by atoms with Crippen LogP contribution in [-0.4, -0.2) is 12.4 Å². The summed E-state index contributed by atoms with van der Waals surface area (Å²) in [7, 11) is 0. The van der Waals surface area contributed by atoms with Crippen molar-refractivity contribution in [1.29, 1.82) is 0 Å². The van der Waals surface area contributed by atoms with E-state index in [1.54, 1.807) is 18.2 Å². The predicted octanol–water partition coefficient (Wildman–Crippen LogP) is 3.92. The van der Waals surface area contributed by atoms with E-state index in [9.17, 15) is 13.6 Å². The minimum absolute atomic E-state index is 0.0559. The van der Waals surface area contributed by atoms with E-state index in [0.717, 1.165) is 0 Å². The van der Waals surface area contributed by atoms with Gasteiger partial charge in [-0.15, -0.1) is 0 Å². The quantitative estimate of drug-likeness (QED) is 0.824. The molecule has 0 spiro atoms. The lowest BCUT2D eigenvalue weighted by atomic mass is 10.1. The molecule has 2 nitrogen and oxygen atoms in total. The van der Waals surface area contributed by atoms with Crippen molar-refractivity contribution in [1.82, 2.24) is 0 Å². The zero-order valence-electron chi connectivity index (χ0n) is 10.4. The fourth-order valence-electron chi connectivity index (χ4n) is 1.65. The lowest BCUT2D eigenvalue weighted by Crippen LogP contribution is -2.14. The van der Waals surface area contributed by atoms with Gasteiger partial charge in [0.1, 0.15) is 24.0 Å². The van der Waals surface area contributed by atoms with Crippen LogP contribution in [0.5, 0.6) is 5.75 Å². The topological polar surface area (TPSA) is 26.3 Å². The first kappa shape index (κ1) is 14.7. The highest BCUT2D eigenvalue weighted by Gasteiger charge is 2.10. The lowest BCUT2D eigenvalue weighted by molar-refractivity contribution is -0.120. The monoisotopic (exact) mass is 340 g/mol. The average Bonchev–Trinajstić information content (AvgIpc) is 2.42. The van der Waals surface area contributed by atoms with Crippen LogP contribution in [-0.2, 0) is 11.2 Å². The summed E-state index contributed by atoms with van der Waals surface area (Å²) in [6.45, 7) is -0.240. The van der Waals surface area contributed by atoms with Crippen molar-refractivity contribution in [3.05, 3.63) is 64.1 Å². The van der Waals surface area contributed by atoms with Gasteiger partial charge in [-0.05, 0) is 39.7 Å². The van der Waals surface area contributed by atoms with Gasteiger partial charge >= 0.3 is 0 Å². The molecule has 20 heavy (non-hydrogen) atoms. The number of Topliss-reactive ketones (excluding diaryl/α,β-unsaturated/α-hetero) is 1. The van der Waals surface area contributed by atoms with Crippen molar-refractivity contribution in [2.24, 2.45) is 0 Å². The number of halogens is 3. The van der Waals surface area contributed by atoms with Gasteiger partial charge in [0.15, 0.2) is 5.78 Å². The van der Waals surface area contributed by atoms with Crippen LogP contribution in [0.25, 0.3) is 0 Å². The van der Waals surface area contributed by atoms with Crippen LogP contribution in [0.15, 0.2) is 46.9 Å². The molecule has 0 aliphatic heterocycles. The maximum atomic E-state index is 13.4. The molecule has 0 heterocycles. The number of carbonyl (C=O) groups is 1. The Morgan fingerprint density at radius 2 is 1.90 bits per heavy atom. The van der Waals surface area contributed by atoms with Gasteiger partial charge in [0.25, 0.3) is 0 Å². The molecule has 0 N–H and O–H groups in total. The van der Waals surface area contributed by atoms with Crippen molar-refractivity contribution >= 4 is 21.7 Å². The van der Waals surface area contributed by atoms with Crippen LogP contribution in [0, 0.1) is 11.6 Å². The third-order valence-corrected chi connectivity index (χ3v) is 3.28. The Hall–Kier alpha value is -1.75. The van der Waals surface area contributed by atoms with Crippen molar-refractivity contribution < 1.29 is 18.3 Å². The lowest BCUT2D eigenvalue weighted by Gasteiger charge is -2.08. The van der Waals surface area contributed by atoms with Crippen LogP contribution < -0.4 is 4.74 Å². The van der Waals surface area contributed by atoms with Crippen LogP contribution in [0.1, 0.15) is 5.56 Å². The molecule has 0 fully saturated rings. The molecule has 5 heteroatoms. The van der Waals surface area contributed by atoms with Crippen molar-refractivity contribution in [2.45, 2.75) is 6.42 Å². The largest absolute Gasteiger partial charge is 0.485 e. The van der Waals surface area contributed by atoms with Gasteiger partial charge in [-0.3, -0.25) is 4.79 Å². The van der Waals surface area contributed by atoms with Gasteiger partial charge in [0.05, 0.1) is 4.47 Å². The summed E-state index contributed by atoms with van der Waals surface area (Å²) in [6, 6.07) is 10.0. The summed E-state index contributed by atoms with van der Waals surface area (Å²) >= 11 is 3.20. The highest BCUT2D eigenvalue weighted by atomic mass is 79.9. The molecule has 0 radical (unpaired) electrons. The van der Waals surface area contributed by atoms with E-state index in [1.807, 2.05) is 0 Å². The minimum atomic E-state index is -0.454. The van der Waals surface area contributed by atoms with Gasteiger partial charge < -0.3 is 4.74 Å². The SMILES string of the molecule is O=C(COc1cc(F)ccc1Br)Cc1ccccc1F. The highest BCUT2D eigenvalue weighted by Crippen LogP contribution is 2.25. The third-order valence-electron chi connectivity index (χ3n) is 2.63. The average molecular weight is 341 g/mol. The first-order chi connectivity index (χ1) is 9.56. The summed E-state index contributed by atoms with van der Waals surface area (Å²) in [5.74, 6) is -0.921. The summed E-state index contributed by atoms with van der Waals surface area (Å²) in [5.41, 5.74) is 0.319. The third kappa shape index (κ3) is 3.87. The zero-order chi connectivity index (χ0) is 14.5. The van der Waals surface area contributed by atoms with Crippen LogP contribution in [0.3, 0.4) is 0 Å². The molecular formula is C15H11BrF2O2. The highest BCUT2D eigenvalue weighted by molar-refractivity contribution is 9.10. The summed E-state index contributed by atoms with van der Waals surface area (Å²) in [4.78, 5) is 11.7. The number of hydrogen-bond donors (Lipinski definition) is 0. The molecule has 0 aromatic heterocycles. The van der Waals surface area contributed by atoms with Gasteiger partial charge in [-0.25, -0.2) is 8.78 Å². The van der Waals surface area contributed by atoms with Gasteiger partial charge in [-0.1, -0.05) is 18.2 Å². The Bertz CT molecular complexity index is 629. The number of ketones is 1. The molecule has 0 atom stereocenters. The minimum Gasteiger partial charge on any atom is -0.485 e. The van der Waals surface area contributed by atoms with Crippen LogP contribution in [0.2, 0.25) is 0 Å². The molecule has 2 aromatic rings. The molecule has 0 amide bonds. The molecular weight excluding hydrogens is 330 g/mol. The molecule has 0 saturated heterocycles. The summed E-state index contributed by atoms with van der Waals surface area (Å²) in [5, 5.41) is 0. The molecule has 0 bridgehead atoms. The van der Waals surface area contributed by atoms with Crippen molar-refractivity contribution in [2.75, 3.05) is 6.61 Å². The molecule has 104 valence electrons. The zero-order valence-corrected chi connectivity index (χ0v) is 12.0. The fraction of sp³-hybridized carbons (Fsp3) is 0.133. The fourth-order valence-corrected chi connectivity index (χ4v) is 2.01. The van der Waals surface area contributed by atoms with Crippen molar-refractivity contribution in [3.63, 3.8) is 0 Å². The molecule has 2 aromatic carbocycles. The Morgan fingerprint density at radius 1 is 1.15 bits per heavy atom. The molecule has 0 unspecified atom stereocenters. The van der Waals surface area contributed by atoms with E-state index in [1.165, 1.54) is 24.3 Å². The Morgan fingerprint density at radius 3 is 2.65 bits per heavy atom. The molecule has 2 rings (SSSR count). The van der Waals surface area contributed by atoms with Crippen LogP contribution >= 0.6 is 15.9 Å². The van der Waals surface area contributed by atoms with E-state index in [-0.39, 0.29) is 24.6 Å². The number of hydrogen-bond acceptors (Lipinski definition) is 2. The number of ether oxygens (including phenoxy) is 1. The predicted molar refractivity (Wildman–Crippen MR) is 74.7 cm³/mol. The number of carbonyl (C=O) groups excluding carboxylic acids is 1. The first-order valence-corrected chi connectivity index (χ1v) is 6.68. The number of benzene rings is 2. The Labute approximate surface area is 123 Å². The maximum Gasteiger partial charge on any atom is 0.174 e. The second-order valence-corrected chi connectivity index (χ2v) is 5.02. The van der Waals surface area contributed by atoms with Crippen molar-refractivity contribution in [3.8, 4) is 5.75 Å². The second-order valence-electron chi connectivity index (χ2n) is 4.17. The summed E-state index contributed by atoms with van der Waals surface area (Å²) < 4.78 is 32.2. The normalized spacial score (nSPS) is 10.3. The van der Waals surface area contributed by atoms with E-state index in [0.29, 0.717) is 10.0 Å². The standard InChI is InChI=1S/C15H11BrF2O2/c16-13-6-5-11(17)8-15(13)20-9-12(19)7-10-3-1-2-4-14(10)18/h1-6,8H,7,9H2. The van der Waals surface area contributed by atoms with Gasteiger partial charge in [0.2, 0.25) is 0 Å². The van der Waals surface area contributed by atoms with Gasteiger partial charge in [0, 0.05) is 12.5 Å². The van der Waals surface area contributed by atoms with E-state index in [2.05, 4.69) is 15.9 Å².